The predicted octanol–water partition coefficient (Wildman–Crippen LogP) is 0.886. The van der Waals surface area contributed by atoms with E-state index in [0.29, 0.717) is 12.8 Å². The molecule has 0 fully saturated rings. The van der Waals surface area contributed by atoms with Crippen LogP contribution in [-0.4, -0.2) is 35.2 Å². The van der Waals surface area contributed by atoms with Crippen LogP contribution in [0.1, 0.15) is 26.7 Å². The molecule has 0 unspecified atom stereocenters. The Labute approximate surface area is 126 Å². The minimum Gasteiger partial charge on any atom is -0.324 e. The van der Waals surface area contributed by atoms with Crippen LogP contribution < -0.4 is 10.5 Å². The van der Waals surface area contributed by atoms with Crippen molar-refractivity contribution in [1.29, 1.82) is 0 Å². The molecule has 0 aliphatic heterocycles. The smallest absolute Gasteiger partial charge is 0.240 e. The van der Waals surface area contributed by atoms with Crippen molar-refractivity contribution < 1.29 is 16.8 Å². The fraction of sp³-hybridized carbons (Fsp3) is 0.538. The van der Waals surface area contributed by atoms with Gasteiger partial charge in [-0.25, -0.2) is 21.6 Å². The minimum absolute atomic E-state index is 0.0321. The zero-order chi connectivity index (χ0) is 16.3. The van der Waals surface area contributed by atoms with Crippen molar-refractivity contribution in [2.75, 3.05) is 12.8 Å². The first-order chi connectivity index (χ1) is 9.54. The van der Waals surface area contributed by atoms with E-state index in [9.17, 15) is 16.8 Å². The lowest BCUT2D eigenvalue weighted by atomic mass is 9.95. The van der Waals surface area contributed by atoms with Gasteiger partial charge in [0.05, 0.1) is 9.79 Å². The SMILES string of the molecule is CCC(N)(CC)CNS(=O)(=O)c1cccc(S(C)(=O)=O)c1. The number of rotatable bonds is 7. The molecule has 0 aliphatic carbocycles. The summed E-state index contributed by atoms with van der Waals surface area (Å²) in [6.45, 7) is 3.88. The molecule has 0 aliphatic rings. The van der Waals surface area contributed by atoms with Gasteiger partial charge in [-0.2, -0.15) is 0 Å². The maximum absolute atomic E-state index is 12.2. The average molecular weight is 334 g/mol. The lowest BCUT2D eigenvalue weighted by Crippen LogP contribution is -2.49. The molecule has 0 radical (unpaired) electrons. The largest absolute Gasteiger partial charge is 0.324 e. The van der Waals surface area contributed by atoms with Gasteiger partial charge in [0.1, 0.15) is 0 Å². The molecule has 0 amide bonds. The van der Waals surface area contributed by atoms with Crippen molar-refractivity contribution in [3.63, 3.8) is 0 Å². The Bertz CT molecular complexity index is 693. The van der Waals surface area contributed by atoms with E-state index >= 15 is 0 Å². The molecule has 0 spiro atoms. The Morgan fingerprint density at radius 2 is 1.62 bits per heavy atom. The summed E-state index contributed by atoms with van der Waals surface area (Å²) >= 11 is 0. The third-order valence-electron chi connectivity index (χ3n) is 3.57. The van der Waals surface area contributed by atoms with Crippen LogP contribution in [0.25, 0.3) is 0 Å². The van der Waals surface area contributed by atoms with E-state index in [1.54, 1.807) is 0 Å². The number of sulfone groups is 1. The van der Waals surface area contributed by atoms with Crippen LogP contribution in [0, 0.1) is 0 Å². The quantitative estimate of drug-likeness (QED) is 0.770. The van der Waals surface area contributed by atoms with E-state index in [4.69, 9.17) is 5.73 Å². The van der Waals surface area contributed by atoms with E-state index < -0.39 is 25.4 Å². The van der Waals surface area contributed by atoms with Crippen LogP contribution in [0.15, 0.2) is 34.1 Å². The fourth-order valence-corrected chi connectivity index (χ4v) is 3.62. The third kappa shape index (κ3) is 4.77. The Balaban J connectivity index is 3.04. The Morgan fingerprint density at radius 3 is 2.10 bits per heavy atom. The Morgan fingerprint density at radius 1 is 1.10 bits per heavy atom. The summed E-state index contributed by atoms with van der Waals surface area (Å²) in [4.78, 5) is -0.115. The van der Waals surface area contributed by atoms with Crippen LogP contribution >= 0.6 is 0 Å². The summed E-state index contributed by atoms with van der Waals surface area (Å²) in [5.74, 6) is 0. The van der Waals surface area contributed by atoms with Gasteiger partial charge in [-0.15, -0.1) is 0 Å². The van der Waals surface area contributed by atoms with Crippen molar-refractivity contribution in [3.8, 4) is 0 Å². The first-order valence-corrected chi connectivity index (χ1v) is 10.0. The lowest BCUT2D eigenvalue weighted by molar-refractivity contribution is 0.391. The molecule has 0 atom stereocenters. The standard InChI is InChI=1S/C13H22N2O4S2/c1-4-13(14,5-2)10-15-21(18,19)12-8-6-7-11(9-12)20(3,16)17/h6-9,15H,4-5,10,14H2,1-3H3. The van der Waals surface area contributed by atoms with Crippen molar-refractivity contribution in [2.45, 2.75) is 42.0 Å². The van der Waals surface area contributed by atoms with Gasteiger partial charge in [0.15, 0.2) is 9.84 Å². The maximum Gasteiger partial charge on any atom is 0.240 e. The van der Waals surface area contributed by atoms with Gasteiger partial charge in [-0.3, -0.25) is 0 Å². The predicted molar refractivity (Wildman–Crippen MR) is 82.2 cm³/mol. The average Bonchev–Trinajstić information content (AvgIpc) is 2.44. The second-order valence-corrected chi connectivity index (χ2v) is 8.92. The summed E-state index contributed by atoms with van der Waals surface area (Å²) < 4.78 is 49.9. The second-order valence-electron chi connectivity index (χ2n) is 5.14. The topological polar surface area (TPSA) is 106 Å². The second kappa shape index (κ2) is 6.43. The van der Waals surface area contributed by atoms with E-state index in [2.05, 4.69) is 4.72 Å². The normalized spacial score (nSPS) is 13.3. The lowest BCUT2D eigenvalue weighted by Gasteiger charge is -2.26. The zero-order valence-corrected chi connectivity index (χ0v) is 14.1. The maximum atomic E-state index is 12.2. The Kier molecular flexibility index (Phi) is 5.54. The van der Waals surface area contributed by atoms with Crippen molar-refractivity contribution in [1.82, 2.24) is 4.72 Å². The molecule has 0 aromatic heterocycles. The number of nitrogens with one attached hydrogen (secondary N) is 1. The van der Waals surface area contributed by atoms with Gasteiger partial charge in [-0.05, 0) is 31.0 Å². The molecular formula is C13H22N2O4S2. The summed E-state index contributed by atoms with van der Waals surface area (Å²) in [6, 6.07) is 5.26. The van der Waals surface area contributed by atoms with E-state index in [-0.39, 0.29) is 16.3 Å². The molecule has 0 bridgehead atoms. The van der Waals surface area contributed by atoms with Gasteiger partial charge < -0.3 is 5.73 Å². The molecule has 3 N–H and O–H groups in total. The minimum atomic E-state index is -3.79. The first-order valence-electron chi connectivity index (χ1n) is 6.63. The number of hydrogen-bond donors (Lipinski definition) is 2. The molecule has 120 valence electrons. The molecule has 1 aromatic rings. The van der Waals surface area contributed by atoms with E-state index in [1.165, 1.54) is 18.2 Å². The van der Waals surface area contributed by atoms with Crippen LogP contribution in [0.4, 0.5) is 0 Å². The number of sulfonamides is 1. The summed E-state index contributed by atoms with van der Waals surface area (Å²) in [5, 5.41) is 0. The summed E-state index contributed by atoms with van der Waals surface area (Å²) in [5.41, 5.74) is 5.45. The zero-order valence-electron chi connectivity index (χ0n) is 12.5. The molecule has 0 saturated carbocycles. The molecule has 21 heavy (non-hydrogen) atoms. The first kappa shape index (κ1) is 18.1. The van der Waals surface area contributed by atoms with E-state index in [0.717, 1.165) is 12.3 Å². The van der Waals surface area contributed by atoms with Gasteiger partial charge in [0.2, 0.25) is 10.0 Å². The highest BCUT2D eigenvalue weighted by Gasteiger charge is 2.24. The summed E-state index contributed by atoms with van der Waals surface area (Å²) in [6.07, 6.45) is 2.30. The van der Waals surface area contributed by atoms with Crippen LogP contribution in [-0.2, 0) is 19.9 Å². The van der Waals surface area contributed by atoms with Gasteiger partial charge in [0.25, 0.3) is 0 Å². The molecule has 8 heteroatoms. The van der Waals surface area contributed by atoms with Crippen LogP contribution in [0.3, 0.4) is 0 Å². The van der Waals surface area contributed by atoms with Crippen LogP contribution in [0.5, 0.6) is 0 Å². The monoisotopic (exact) mass is 334 g/mol. The molecule has 0 heterocycles. The van der Waals surface area contributed by atoms with Crippen molar-refractivity contribution >= 4 is 19.9 Å². The molecule has 1 aromatic carbocycles. The van der Waals surface area contributed by atoms with Crippen molar-refractivity contribution in [2.24, 2.45) is 5.73 Å². The van der Waals surface area contributed by atoms with Crippen molar-refractivity contribution in [3.05, 3.63) is 24.3 Å². The van der Waals surface area contributed by atoms with Gasteiger partial charge >= 0.3 is 0 Å². The molecule has 0 saturated heterocycles. The highest BCUT2D eigenvalue weighted by molar-refractivity contribution is 7.91. The Hall–Kier alpha value is -0.960. The molecule has 6 nitrogen and oxygen atoms in total. The highest BCUT2D eigenvalue weighted by Crippen LogP contribution is 2.17. The number of benzene rings is 1. The number of hydrogen-bond acceptors (Lipinski definition) is 5. The summed E-state index contributed by atoms with van der Waals surface area (Å²) in [7, 11) is -7.25. The van der Waals surface area contributed by atoms with Gasteiger partial charge in [-0.1, -0.05) is 19.9 Å². The van der Waals surface area contributed by atoms with E-state index in [1.807, 2.05) is 13.8 Å². The highest BCUT2D eigenvalue weighted by atomic mass is 32.2. The number of nitrogens with two attached hydrogens (primary N) is 1. The third-order valence-corrected chi connectivity index (χ3v) is 6.08. The fourth-order valence-electron chi connectivity index (χ4n) is 1.69. The molecule has 1 rings (SSSR count). The molecular weight excluding hydrogens is 312 g/mol. The van der Waals surface area contributed by atoms with Gasteiger partial charge in [0, 0.05) is 18.3 Å². The van der Waals surface area contributed by atoms with Crippen LogP contribution in [0.2, 0.25) is 0 Å².